The standard InChI is InChI=1S/C13H17N5O2/c1-16-4-5-17(12(8-15)9-16)13-3-2-11(18(19)20)6-10(13)7-14/h2-3,6,12H,4-5,8-9,15H2,1H3. The SMILES string of the molecule is CN1CCN(c2ccc([N+](=O)[O-])cc2C#N)C(CN)C1. The van der Waals surface area contributed by atoms with Crippen LogP contribution >= 0.6 is 0 Å². The summed E-state index contributed by atoms with van der Waals surface area (Å²) >= 11 is 0. The largest absolute Gasteiger partial charge is 0.364 e. The van der Waals surface area contributed by atoms with E-state index < -0.39 is 4.92 Å². The summed E-state index contributed by atoms with van der Waals surface area (Å²) in [5, 5.41) is 20.0. The van der Waals surface area contributed by atoms with E-state index in [1.807, 2.05) is 13.1 Å². The second-order valence-electron chi connectivity index (χ2n) is 4.92. The van der Waals surface area contributed by atoms with Crippen LogP contribution in [0.25, 0.3) is 0 Å². The van der Waals surface area contributed by atoms with Gasteiger partial charge in [0.25, 0.3) is 5.69 Å². The molecule has 1 heterocycles. The average Bonchev–Trinajstić information content (AvgIpc) is 2.46. The summed E-state index contributed by atoms with van der Waals surface area (Å²) < 4.78 is 0. The van der Waals surface area contributed by atoms with Gasteiger partial charge >= 0.3 is 0 Å². The third kappa shape index (κ3) is 2.71. The lowest BCUT2D eigenvalue weighted by Crippen LogP contribution is -2.55. The first kappa shape index (κ1) is 14.2. The predicted molar refractivity (Wildman–Crippen MR) is 75.5 cm³/mol. The number of nitrogens with zero attached hydrogens (tertiary/aromatic N) is 4. The monoisotopic (exact) mass is 275 g/mol. The Labute approximate surface area is 117 Å². The number of rotatable bonds is 3. The molecule has 20 heavy (non-hydrogen) atoms. The van der Waals surface area contributed by atoms with E-state index in [0.29, 0.717) is 12.1 Å². The minimum atomic E-state index is -0.491. The Balaban J connectivity index is 2.36. The lowest BCUT2D eigenvalue weighted by molar-refractivity contribution is -0.384. The number of likely N-dealkylation sites (N-methyl/N-ethyl adjacent to an activating group) is 1. The molecule has 2 rings (SSSR count). The molecule has 1 aromatic rings. The maximum Gasteiger partial charge on any atom is 0.270 e. The van der Waals surface area contributed by atoms with Crippen molar-refractivity contribution >= 4 is 11.4 Å². The van der Waals surface area contributed by atoms with Crippen molar-refractivity contribution in [1.29, 1.82) is 5.26 Å². The zero-order valence-corrected chi connectivity index (χ0v) is 11.3. The number of nitriles is 1. The molecule has 0 bridgehead atoms. The van der Waals surface area contributed by atoms with Crippen LogP contribution in [0.15, 0.2) is 18.2 Å². The maximum absolute atomic E-state index is 10.8. The number of non-ortho nitro benzene ring substituents is 1. The van der Waals surface area contributed by atoms with E-state index >= 15 is 0 Å². The van der Waals surface area contributed by atoms with E-state index in [2.05, 4.69) is 9.80 Å². The first-order chi connectivity index (χ1) is 9.56. The van der Waals surface area contributed by atoms with Crippen molar-refractivity contribution in [2.24, 2.45) is 5.73 Å². The fraction of sp³-hybridized carbons (Fsp3) is 0.462. The minimum Gasteiger partial charge on any atom is -0.364 e. The van der Waals surface area contributed by atoms with Gasteiger partial charge in [-0.2, -0.15) is 5.26 Å². The Morgan fingerprint density at radius 1 is 1.55 bits per heavy atom. The average molecular weight is 275 g/mol. The normalized spacial score (nSPS) is 19.6. The van der Waals surface area contributed by atoms with Crippen LogP contribution < -0.4 is 10.6 Å². The number of nitro groups is 1. The first-order valence-corrected chi connectivity index (χ1v) is 6.40. The molecule has 1 aliphatic heterocycles. The second-order valence-corrected chi connectivity index (χ2v) is 4.92. The smallest absolute Gasteiger partial charge is 0.270 e. The Bertz CT molecular complexity index is 554. The van der Waals surface area contributed by atoms with E-state index in [0.717, 1.165) is 25.3 Å². The van der Waals surface area contributed by atoms with Crippen LogP contribution in [0.2, 0.25) is 0 Å². The molecular formula is C13H17N5O2. The van der Waals surface area contributed by atoms with Gasteiger partial charge in [-0.25, -0.2) is 0 Å². The van der Waals surface area contributed by atoms with E-state index in [1.165, 1.54) is 12.1 Å². The zero-order valence-electron chi connectivity index (χ0n) is 11.3. The Kier molecular flexibility index (Phi) is 4.17. The number of hydrogen-bond donors (Lipinski definition) is 1. The predicted octanol–water partition coefficient (Wildman–Crippen LogP) is 0.546. The molecule has 0 saturated carbocycles. The summed E-state index contributed by atoms with van der Waals surface area (Å²) in [5.41, 5.74) is 6.78. The van der Waals surface area contributed by atoms with E-state index in [-0.39, 0.29) is 11.7 Å². The molecule has 0 spiro atoms. The number of piperazine rings is 1. The first-order valence-electron chi connectivity index (χ1n) is 6.40. The number of benzene rings is 1. The summed E-state index contributed by atoms with van der Waals surface area (Å²) in [6, 6.07) is 6.55. The van der Waals surface area contributed by atoms with E-state index in [9.17, 15) is 15.4 Å². The van der Waals surface area contributed by atoms with Gasteiger partial charge in [-0.05, 0) is 13.1 Å². The highest BCUT2D eigenvalue weighted by Crippen LogP contribution is 2.27. The van der Waals surface area contributed by atoms with Crippen molar-refractivity contribution < 1.29 is 4.92 Å². The molecular weight excluding hydrogens is 258 g/mol. The van der Waals surface area contributed by atoms with Crippen molar-refractivity contribution in [3.63, 3.8) is 0 Å². The summed E-state index contributed by atoms with van der Waals surface area (Å²) in [6.45, 7) is 2.92. The maximum atomic E-state index is 10.8. The molecule has 1 fully saturated rings. The fourth-order valence-corrected chi connectivity index (χ4v) is 2.51. The van der Waals surface area contributed by atoms with Gasteiger partial charge in [-0.15, -0.1) is 0 Å². The zero-order chi connectivity index (χ0) is 14.7. The highest BCUT2D eigenvalue weighted by molar-refractivity contribution is 5.63. The summed E-state index contributed by atoms with van der Waals surface area (Å²) in [5.74, 6) is 0. The summed E-state index contributed by atoms with van der Waals surface area (Å²) in [6.07, 6.45) is 0. The lowest BCUT2D eigenvalue weighted by atomic mass is 10.1. The molecule has 7 nitrogen and oxygen atoms in total. The van der Waals surface area contributed by atoms with Gasteiger partial charge in [0.1, 0.15) is 6.07 Å². The number of nitro benzene ring substituents is 1. The molecule has 2 N–H and O–H groups in total. The van der Waals surface area contributed by atoms with Crippen molar-refractivity contribution in [3.8, 4) is 6.07 Å². The second kappa shape index (κ2) is 5.86. The van der Waals surface area contributed by atoms with Crippen LogP contribution in [0.4, 0.5) is 11.4 Å². The lowest BCUT2D eigenvalue weighted by Gasteiger charge is -2.41. The van der Waals surface area contributed by atoms with Gasteiger partial charge in [0.2, 0.25) is 0 Å². The van der Waals surface area contributed by atoms with Gasteiger partial charge in [-0.1, -0.05) is 0 Å². The molecule has 1 aliphatic rings. The third-order valence-electron chi connectivity index (χ3n) is 3.58. The topological polar surface area (TPSA) is 99.4 Å². The van der Waals surface area contributed by atoms with Gasteiger partial charge in [-0.3, -0.25) is 10.1 Å². The molecule has 0 aromatic heterocycles. The molecule has 1 unspecified atom stereocenters. The molecule has 7 heteroatoms. The molecule has 1 atom stereocenters. The van der Waals surface area contributed by atoms with Crippen LogP contribution in [0.5, 0.6) is 0 Å². The Morgan fingerprint density at radius 2 is 2.30 bits per heavy atom. The fourth-order valence-electron chi connectivity index (χ4n) is 2.51. The summed E-state index contributed by atoms with van der Waals surface area (Å²) in [4.78, 5) is 14.5. The summed E-state index contributed by atoms with van der Waals surface area (Å²) in [7, 11) is 2.03. The molecule has 0 aliphatic carbocycles. The minimum absolute atomic E-state index is 0.0660. The molecule has 1 saturated heterocycles. The number of hydrogen-bond acceptors (Lipinski definition) is 6. The van der Waals surface area contributed by atoms with Crippen molar-refractivity contribution in [2.75, 3.05) is 38.1 Å². The van der Waals surface area contributed by atoms with Crippen LogP contribution in [0.1, 0.15) is 5.56 Å². The molecule has 106 valence electrons. The van der Waals surface area contributed by atoms with Gasteiger partial charge in [0.05, 0.1) is 22.2 Å². The number of nitrogens with two attached hydrogens (primary N) is 1. The van der Waals surface area contributed by atoms with Gasteiger partial charge in [0, 0.05) is 38.3 Å². The molecule has 0 amide bonds. The van der Waals surface area contributed by atoms with Crippen LogP contribution in [-0.4, -0.2) is 49.1 Å². The number of anilines is 1. The van der Waals surface area contributed by atoms with Crippen LogP contribution in [-0.2, 0) is 0 Å². The van der Waals surface area contributed by atoms with E-state index in [1.54, 1.807) is 6.07 Å². The van der Waals surface area contributed by atoms with Crippen LogP contribution in [0, 0.1) is 21.4 Å². The quantitative estimate of drug-likeness (QED) is 0.638. The van der Waals surface area contributed by atoms with Crippen LogP contribution in [0.3, 0.4) is 0 Å². The highest BCUT2D eigenvalue weighted by atomic mass is 16.6. The third-order valence-corrected chi connectivity index (χ3v) is 3.58. The van der Waals surface area contributed by atoms with Crippen molar-refractivity contribution in [1.82, 2.24) is 4.90 Å². The van der Waals surface area contributed by atoms with Gasteiger partial charge < -0.3 is 15.5 Å². The Hall–Kier alpha value is -2.17. The Morgan fingerprint density at radius 3 is 2.90 bits per heavy atom. The molecule has 1 aromatic carbocycles. The van der Waals surface area contributed by atoms with Crippen molar-refractivity contribution in [3.05, 3.63) is 33.9 Å². The van der Waals surface area contributed by atoms with Crippen molar-refractivity contribution in [2.45, 2.75) is 6.04 Å². The molecule has 0 radical (unpaired) electrons. The van der Waals surface area contributed by atoms with E-state index in [4.69, 9.17) is 5.73 Å². The van der Waals surface area contributed by atoms with Gasteiger partial charge in [0.15, 0.2) is 0 Å². The highest BCUT2D eigenvalue weighted by Gasteiger charge is 2.26.